The highest BCUT2D eigenvalue weighted by Gasteiger charge is 2.08. The lowest BCUT2D eigenvalue weighted by molar-refractivity contribution is 0.100. The summed E-state index contributed by atoms with van der Waals surface area (Å²) in [6, 6.07) is 1.46. The normalized spacial score (nSPS) is 10.1. The van der Waals surface area contributed by atoms with Crippen LogP contribution in [0.3, 0.4) is 0 Å². The fourth-order valence-electron chi connectivity index (χ4n) is 1.12. The number of carbonyl (C=O) groups excluding carboxylic acids is 1. The van der Waals surface area contributed by atoms with Gasteiger partial charge in [0.2, 0.25) is 0 Å². The fraction of sp³-hybridized carbons (Fsp3) is 0. The molecule has 0 bridgehead atoms. The summed E-state index contributed by atoms with van der Waals surface area (Å²) in [6.45, 7) is 0. The number of hydrogen-bond donors (Lipinski definition) is 2. The molecule has 0 unspecified atom stereocenters. The first-order valence-corrected chi connectivity index (χ1v) is 4.09. The first kappa shape index (κ1) is 9.13. The number of nitrogen functional groups attached to an aromatic ring is 1. The molecular weight excluding hydrogens is 196 g/mol. The SMILES string of the molecule is NC(=O)c1cc(-n2cncn2)ncc1N. The van der Waals surface area contributed by atoms with E-state index in [1.165, 1.54) is 29.6 Å². The molecular formula is C8H8N6O. The molecule has 0 radical (unpaired) electrons. The van der Waals surface area contributed by atoms with E-state index in [0.717, 1.165) is 0 Å². The number of primary amides is 1. The Hall–Kier alpha value is -2.44. The van der Waals surface area contributed by atoms with E-state index in [0.29, 0.717) is 5.82 Å². The van der Waals surface area contributed by atoms with Crippen LogP contribution < -0.4 is 11.5 Å². The Bertz CT molecular complexity index is 492. The molecule has 0 saturated heterocycles. The van der Waals surface area contributed by atoms with Crippen molar-refractivity contribution >= 4 is 11.6 Å². The molecule has 0 aliphatic heterocycles. The molecule has 2 aromatic heterocycles. The fourth-order valence-corrected chi connectivity index (χ4v) is 1.12. The van der Waals surface area contributed by atoms with Gasteiger partial charge in [0, 0.05) is 0 Å². The van der Waals surface area contributed by atoms with E-state index < -0.39 is 5.91 Å². The monoisotopic (exact) mass is 204 g/mol. The molecule has 0 aliphatic carbocycles. The van der Waals surface area contributed by atoms with Crippen molar-refractivity contribution in [1.29, 1.82) is 0 Å². The maximum atomic E-state index is 11.0. The predicted molar refractivity (Wildman–Crippen MR) is 52.1 cm³/mol. The molecule has 15 heavy (non-hydrogen) atoms. The third-order valence-corrected chi connectivity index (χ3v) is 1.84. The molecule has 4 N–H and O–H groups in total. The molecule has 7 heteroatoms. The van der Waals surface area contributed by atoms with Crippen LogP contribution in [0.15, 0.2) is 24.9 Å². The van der Waals surface area contributed by atoms with Crippen LogP contribution >= 0.6 is 0 Å². The van der Waals surface area contributed by atoms with Crippen molar-refractivity contribution in [1.82, 2.24) is 19.7 Å². The predicted octanol–water partition coefficient (Wildman–Crippen LogP) is -0.657. The summed E-state index contributed by atoms with van der Waals surface area (Å²) in [4.78, 5) is 18.8. The van der Waals surface area contributed by atoms with Gasteiger partial charge in [-0.15, -0.1) is 0 Å². The van der Waals surface area contributed by atoms with Gasteiger partial charge in [-0.3, -0.25) is 4.79 Å². The summed E-state index contributed by atoms with van der Waals surface area (Å²) < 4.78 is 1.41. The number of hydrogen-bond acceptors (Lipinski definition) is 5. The second-order valence-corrected chi connectivity index (χ2v) is 2.83. The topological polar surface area (TPSA) is 113 Å². The van der Waals surface area contributed by atoms with Crippen LogP contribution in [-0.4, -0.2) is 25.7 Å². The molecule has 0 atom stereocenters. The molecule has 0 aromatic carbocycles. The zero-order valence-electron chi connectivity index (χ0n) is 7.66. The van der Waals surface area contributed by atoms with E-state index in [2.05, 4.69) is 15.1 Å². The zero-order valence-corrected chi connectivity index (χ0v) is 7.66. The van der Waals surface area contributed by atoms with Gasteiger partial charge < -0.3 is 11.5 Å². The lowest BCUT2D eigenvalue weighted by Gasteiger charge is -2.03. The van der Waals surface area contributed by atoms with Crippen LogP contribution in [0.1, 0.15) is 10.4 Å². The Labute approximate surface area is 84.7 Å². The Morgan fingerprint density at radius 3 is 2.87 bits per heavy atom. The first-order valence-electron chi connectivity index (χ1n) is 4.09. The van der Waals surface area contributed by atoms with Crippen molar-refractivity contribution in [3.8, 4) is 5.82 Å². The van der Waals surface area contributed by atoms with Gasteiger partial charge in [0.15, 0.2) is 5.82 Å². The van der Waals surface area contributed by atoms with Crippen molar-refractivity contribution in [2.75, 3.05) is 5.73 Å². The highest BCUT2D eigenvalue weighted by molar-refractivity contribution is 5.98. The maximum Gasteiger partial charge on any atom is 0.250 e. The van der Waals surface area contributed by atoms with Gasteiger partial charge in [0.25, 0.3) is 5.91 Å². The molecule has 7 nitrogen and oxygen atoms in total. The van der Waals surface area contributed by atoms with E-state index in [9.17, 15) is 4.79 Å². The number of amides is 1. The lowest BCUT2D eigenvalue weighted by atomic mass is 10.2. The number of rotatable bonds is 2. The van der Waals surface area contributed by atoms with Crippen molar-refractivity contribution in [3.05, 3.63) is 30.5 Å². The van der Waals surface area contributed by atoms with Gasteiger partial charge in [-0.05, 0) is 6.07 Å². The second-order valence-electron chi connectivity index (χ2n) is 2.83. The molecule has 0 saturated carbocycles. The Kier molecular flexibility index (Phi) is 2.05. The first-order chi connectivity index (χ1) is 7.18. The summed E-state index contributed by atoms with van der Waals surface area (Å²) in [5, 5.41) is 3.87. The van der Waals surface area contributed by atoms with E-state index in [1.54, 1.807) is 0 Å². The zero-order chi connectivity index (χ0) is 10.8. The molecule has 0 spiro atoms. The Balaban J connectivity index is 2.52. The van der Waals surface area contributed by atoms with Crippen LogP contribution in [0, 0.1) is 0 Å². The number of carbonyl (C=O) groups is 1. The average molecular weight is 204 g/mol. The molecule has 0 fully saturated rings. The third kappa shape index (κ3) is 1.62. The number of aromatic nitrogens is 4. The number of nitrogens with two attached hydrogens (primary N) is 2. The van der Waals surface area contributed by atoms with Crippen LogP contribution in [-0.2, 0) is 0 Å². The maximum absolute atomic E-state index is 11.0. The summed E-state index contributed by atoms with van der Waals surface area (Å²) >= 11 is 0. The second kappa shape index (κ2) is 3.37. The lowest BCUT2D eigenvalue weighted by Crippen LogP contribution is -2.15. The minimum atomic E-state index is -0.601. The molecule has 2 heterocycles. The smallest absolute Gasteiger partial charge is 0.250 e. The molecule has 0 aliphatic rings. The van der Waals surface area contributed by atoms with E-state index >= 15 is 0 Å². The third-order valence-electron chi connectivity index (χ3n) is 1.84. The summed E-state index contributed by atoms with van der Waals surface area (Å²) in [7, 11) is 0. The molecule has 76 valence electrons. The van der Waals surface area contributed by atoms with E-state index in [1.807, 2.05) is 0 Å². The number of nitrogens with zero attached hydrogens (tertiary/aromatic N) is 4. The summed E-state index contributed by atoms with van der Waals surface area (Å²) in [5.41, 5.74) is 11.1. The molecule has 2 aromatic rings. The van der Waals surface area contributed by atoms with Gasteiger partial charge in [-0.25, -0.2) is 14.6 Å². The van der Waals surface area contributed by atoms with Gasteiger partial charge in [0.1, 0.15) is 12.7 Å². The van der Waals surface area contributed by atoms with Gasteiger partial charge in [-0.2, -0.15) is 5.10 Å². The van der Waals surface area contributed by atoms with Crippen molar-refractivity contribution < 1.29 is 4.79 Å². The van der Waals surface area contributed by atoms with Crippen molar-refractivity contribution in [3.63, 3.8) is 0 Å². The van der Waals surface area contributed by atoms with Crippen molar-refractivity contribution in [2.45, 2.75) is 0 Å². The summed E-state index contributed by atoms with van der Waals surface area (Å²) in [6.07, 6.45) is 4.18. The van der Waals surface area contributed by atoms with Crippen LogP contribution in [0.2, 0.25) is 0 Å². The average Bonchev–Trinajstić information content (AvgIpc) is 2.71. The Morgan fingerprint density at radius 1 is 1.47 bits per heavy atom. The van der Waals surface area contributed by atoms with Crippen LogP contribution in [0.4, 0.5) is 5.69 Å². The van der Waals surface area contributed by atoms with Gasteiger partial charge >= 0.3 is 0 Å². The summed E-state index contributed by atoms with van der Waals surface area (Å²) in [5.74, 6) is -0.160. The minimum Gasteiger partial charge on any atom is -0.397 e. The van der Waals surface area contributed by atoms with Crippen LogP contribution in [0.5, 0.6) is 0 Å². The number of pyridine rings is 1. The molecule has 2 rings (SSSR count). The van der Waals surface area contributed by atoms with E-state index in [4.69, 9.17) is 11.5 Å². The largest absolute Gasteiger partial charge is 0.397 e. The standard InChI is InChI=1S/C8H8N6O/c9-6-2-12-7(1-5(6)8(10)15)14-4-11-3-13-14/h1-4H,9H2,(H2,10,15). The number of anilines is 1. The van der Waals surface area contributed by atoms with Gasteiger partial charge in [-0.1, -0.05) is 0 Å². The quantitative estimate of drug-likeness (QED) is 0.674. The van der Waals surface area contributed by atoms with Crippen molar-refractivity contribution in [2.24, 2.45) is 5.73 Å². The van der Waals surface area contributed by atoms with E-state index in [-0.39, 0.29) is 11.3 Å². The molecule has 1 amide bonds. The van der Waals surface area contributed by atoms with Crippen LogP contribution in [0.25, 0.3) is 5.82 Å². The Morgan fingerprint density at radius 2 is 2.27 bits per heavy atom. The highest BCUT2D eigenvalue weighted by Crippen LogP contribution is 2.12. The highest BCUT2D eigenvalue weighted by atomic mass is 16.1. The van der Waals surface area contributed by atoms with Gasteiger partial charge in [0.05, 0.1) is 17.4 Å². The minimum absolute atomic E-state index is 0.218.